The molecule has 116 valence electrons. The van der Waals surface area contributed by atoms with E-state index in [2.05, 4.69) is 10.6 Å². The monoisotopic (exact) mass is 330 g/mol. The second kappa shape index (κ2) is 8.79. The second-order valence-corrected chi connectivity index (χ2v) is 5.93. The molecular formula is C14H19ClN2O3S. The molecule has 0 spiro atoms. The lowest BCUT2D eigenvalue weighted by Crippen LogP contribution is -2.46. The summed E-state index contributed by atoms with van der Waals surface area (Å²) in [5.41, 5.74) is 0.783. The first-order chi connectivity index (χ1) is 9.95. The molecule has 0 saturated heterocycles. The molecule has 2 atom stereocenters. The number of carboxylic acids is 1. The van der Waals surface area contributed by atoms with Crippen LogP contribution < -0.4 is 10.6 Å². The van der Waals surface area contributed by atoms with Gasteiger partial charge in [-0.15, -0.1) is 0 Å². The lowest BCUT2D eigenvalue weighted by Gasteiger charge is -2.19. The Bertz CT molecular complexity index is 499. The van der Waals surface area contributed by atoms with E-state index in [1.807, 2.05) is 24.5 Å². The van der Waals surface area contributed by atoms with Gasteiger partial charge in [-0.2, -0.15) is 11.8 Å². The van der Waals surface area contributed by atoms with E-state index in [9.17, 15) is 9.59 Å². The molecule has 1 aromatic carbocycles. The summed E-state index contributed by atoms with van der Waals surface area (Å²) in [5, 5.41) is 14.8. The van der Waals surface area contributed by atoms with Gasteiger partial charge < -0.3 is 15.7 Å². The Hall–Kier alpha value is -1.40. The van der Waals surface area contributed by atoms with Crippen molar-refractivity contribution in [2.45, 2.75) is 25.4 Å². The van der Waals surface area contributed by atoms with Crippen LogP contribution in [0.5, 0.6) is 0 Å². The van der Waals surface area contributed by atoms with Gasteiger partial charge in [-0.05, 0) is 37.0 Å². The van der Waals surface area contributed by atoms with Crippen LogP contribution in [0.15, 0.2) is 24.3 Å². The Balaban J connectivity index is 2.59. The third-order valence-corrected chi connectivity index (χ3v) is 3.92. The van der Waals surface area contributed by atoms with Gasteiger partial charge in [0.25, 0.3) is 0 Å². The van der Waals surface area contributed by atoms with E-state index < -0.39 is 18.0 Å². The maximum Gasteiger partial charge on any atom is 0.326 e. The lowest BCUT2D eigenvalue weighted by atomic mass is 10.1. The molecule has 0 aromatic heterocycles. The molecule has 0 heterocycles. The van der Waals surface area contributed by atoms with Gasteiger partial charge in [0.1, 0.15) is 6.04 Å². The number of benzene rings is 1. The van der Waals surface area contributed by atoms with Gasteiger partial charge in [-0.25, -0.2) is 9.59 Å². The molecule has 0 aliphatic rings. The molecule has 21 heavy (non-hydrogen) atoms. The number of hydrogen-bond donors (Lipinski definition) is 3. The SMILES string of the molecule is CSCCC(NC(=O)NC(C)c1ccccc1Cl)C(=O)O. The molecule has 0 bridgehead atoms. The van der Waals surface area contributed by atoms with Gasteiger partial charge in [0.05, 0.1) is 6.04 Å². The molecule has 7 heteroatoms. The Labute approximate surface area is 133 Å². The van der Waals surface area contributed by atoms with Gasteiger partial charge in [0.2, 0.25) is 0 Å². The number of thioether (sulfide) groups is 1. The van der Waals surface area contributed by atoms with Crippen molar-refractivity contribution in [2.24, 2.45) is 0 Å². The highest BCUT2D eigenvalue weighted by Gasteiger charge is 2.20. The zero-order valence-electron chi connectivity index (χ0n) is 11.9. The molecule has 0 aliphatic carbocycles. The van der Waals surface area contributed by atoms with Gasteiger partial charge in [-0.1, -0.05) is 29.8 Å². The molecule has 2 amide bonds. The number of hydrogen-bond acceptors (Lipinski definition) is 3. The lowest BCUT2D eigenvalue weighted by molar-refractivity contribution is -0.139. The summed E-state index contributed by atoms with van der Waals surface area (Å²) in [6.07, 6.45) is 2.27. The predicted octanol–water partition coefficient (Wildman–Crippen LogP) is 2.91. The van der Waals surface area contributed by atoms with Crippen molar-refractivity contribution in [3.8, 4) is 0 Å². The van der Waals surface area contributed by atoms with Crippen molar-refractivity contribution in [2.75, 3.05) is 12.0 Å². The molecule has 2 unspecified atom stereocenters. The van der Waals surface area contributed by atoms with Crippen LogP contribution in [0.2, 0.25) is 5.02 Å². The minimum Gasteiger partial charge on any atom is -0.480 e. The van der Waals surface area contributed by atoms with Gasteiger partial charge in [-0.3, -0.25) is 0 Å². The van der Waals surface area contributed by atoms with Crippen molar-refractivity contribution in [1.82, 2.24) is 10.6 Å². The maximum atomic E-state index is 11.9. The van der Waals surface area contributed by atoms with Gasteiger partial charge in [0.15, 0.2) is 0 Å². The fraction of sp³-hybridized carbons (Fsp3) is 0.429. The third kappa shape index (κ3) is 5.85. The minimum absolute atomic E-state index is 0.311. The number of aliphatic carboxylic acids is 1. The van der Waals surface area contributed by atoms with Gasteiger partial charge >= 0.3 is 12.0 Å². The summed E-state index contributed by atoms with van der Waals surface area (Å²) < 4.78 is 0. The zero-order valence-corrected chi connectivity index (χ0v) is 13.5. The number of nitrogens with one attached hydrogen (secondary N) is 2. The van der Waals surface area contributed by atoms with Crippen LogP contribution in [0, 0.1) is 0 Å². The average Bonchev–Trinajstić information content (AvgIpc) is 2.43. The predicted molar refractivity (Wildman–Crippen MR) is 86.0 cm³/mol. The largest absolute Gasteiger partial charge is 0.480 e. The fourth-order valence-corrected chi connectivity index (χ4v) is 2.56. The number of rotatable bonds is 7. The molecule has 1 rings (SSSR count). The molecule has 5 nitrogen and oxygen atoms in total. The van der Waals surface area contributed by atoms with Crippen molar-refractivity contribution < 1.29 is 14.7 Å². The summed E-state index contributed by atoms with van der Waals surface area (Å²) in [7, 11) is 0. The zero-order chi connectivity index (χ0) is 15.8. The normalized spacial score (nSPS) is 13.3. The quantitative estimate of drug-likeness (QED) is 0.718. The maximum absolute atomic E-state index is 11.9. The molecule has 0 aliphatic heterocycles. The second-order valence-electron chi connectivity index (χ2n) is 4.53. The van der Waals surface area contributed by atoms with Gasteiger partial charge in [0, 0.05) is 5.02 Å². The van der Waals surface area contributed by atoms with Crippen LogP contribution in [0.3, 0.4) is 0 Å². The van der Waals surface area contributed by atoms with E-state index in [1.165, 1.54) is 11.8 Å². The highest BCUT2D eigenvalue weighted by Crippen LogP contribution is 2.21. The summed E-state index contributed by atoms with van der Waals surface area (Å²) in [6, 6.07) is 5.47. The average molecular weight is 331 g/mol. The molecular weight excluding hydrogens is 312 g/mol. The molecule has 0 radical (unpaired) electrons. The van der Waals surface area contributed by atoms with Crippen molar-refractivity contribution in [1.29, 1.82) is 0 Å². The van der Waals surface area contributed by atoms with E-state index >= 15 is 0 Å². The summed E-state index contributed by atoms with van der Waals surface area (Å²) in [4.78, 5) is 23.0. The van der Waals surface area contributed by atoms with Crippen LogP contribution >= 0.6 is 23.4 Å². The highest BCUT2D eigenvalue weighted by atomic mass is 35.5. The molecule has 0 saturated carbocycles. The standard InChI is InChI=1S/C14H19ClN2O3S/c1-9(10-5-3-4-6-11(10)15)16-14(20)17-12(13(18)19)7-8-21-2/h3-6,9,12H,7-8H2,1-2H3,(H,18,19)(H2,16,17,20). The van der Waals surface area contributed by atoms with E-state index in [0.29, 0.717) is 17.2 Å². The van der Waals surface area contributed by atoms with Crippen molar-refractivity contribution >= 4 is 35.4 Å². The van der Waals surface area contributed by atoms with Crippen molar-refractivity contribution in [3.63, 3.8) is 0 Å². The van der Waals surface area contributed by atoms with Crippen molar-refractivity contribution in [3.05, 3.63) is 34.9 Å². The van der Waals surface area contributed by atoms with E-state index in [1.54, 1.807) is 13.0 Å². The highest BCUT2D eigenvalue weighted by molar-refractivity contribution is 7.98. The third-order valence-electron chi connectivity index (χ3n) is 2.93. The van der Waals surface area contributed by atoms with Crippen LogP contribution in [-0.4, -0.2) is 35.2 Å². The number of carbonyl (C=O) groups is 2. The van der Waals surface area contributed by atoms with E-state index in [4.69, 9.17) is 16.7 Å². The Morgan fingerprint density at radius 1 is 1.33 bits per heavy atom. The number of carbonyl (C=O) groups excluding carboxylic acids is 1. The summed E-state index contributed by atoms with van der Waals surface area (Å²) in [6.45, 7) is 1.79. The number of urea groups is 1. The summed E-state index contributed by atoms with van der Waals surface area (Å²) in [5.74, 6) is -0.373. The van der Waals surface area contributed by atoms with E-state index in [0.717, 1.165) is 5.56 Å². The fourth-order valence-electron chi connectivity index (χ4n) is 1.79. The molecule has 0 fully saturated rings. The van der Waals surface area contributed by atoms with Crippen LogP contribution in [0.25, 0.3) is 0 Å². The van der Waals surface area contributed by atoms with E-state index in [-0.39, 0.29) is 6.04 Å². The summed E-state index contributed by atoms with van der Waals surface area (Å²) >= 11 is 7.59. The van der Waals surface area contributed by atoms with Crippen LogP contribution in [-0.2, 0) is 4.79 Å². The Morgan fingerprint density at radius 3 is 2.57 bits per heavy atom. The van der Waals surface area contributed by atoms with Crippen LogP contribution in [0.1, 0.15) is 24.9 Å². The molecule has 1 aromatic rings. The number of amides is 2. The molecule has 3 N–H and O–H groups in total. The Morgan fingerprint density at radius 2 is 2.00 bits per heavy atom. The number of carboxylic acid groups (broad SMARTS) is 1. The van der Waals surface area contributed by atoms with Crippen LogP contribution in [0.4, 0.5) is 4.79 Å². The first kappa shape index (κ1) is 17.7. The topological polar surface area (TPSA) is 78.4 Å². The first-order valence-electron chi connectivity index (χ1n) is 6.49. The first-order valence-corrected chi connectivity index (χ1v) is 8.26. The minimum atomic E-state index is -1.04. The Kier molecular flexibility index (Phi) is 7.39. The smallest absolute Gasteiger partial charge is 0.326 e. The number of halogens is 1.